The Kier molecular flexibility index (Phi) is 4.29. The molecule has 1 atom stereocenters. The largest absolute Gasteiger partial charge is 0.361 e. The van der Waals surface area contributed by atoms with Crippen LogP contribution in [0.15, 0.2) is 71.2 Å². The Hall–Kier alpha value is -2.59. The van der Waals surface area contributed by atoms with Gasteiger partial charge in [0.05, 0.1) is 0 Å². The number of halogens is 1. The van der Waals surface area contributed by atoms with Crippen molar-refractivity contribution >= 4 is 33.2 Å². The average molecular weight is 407 g/mol. The molecule has 26 heavy (non-hydrogen) atoms. The number of hydrogen-bond donors (Lipinski definition) is 1. The predicted octanol–water partition coefficient (Wildman–Crippen LogP) is 5.84. The summed E-state index contributed by atoms with van der Waals surface area (Å²) in [7, 11) is 0. The van der Waals surface area contributed by atoms with Gasteiger partial charge in [0.2, 0.25) is 0 Å². The molecule has 3 nitrogen and oxygen atoms in total. The van der Waals surface area contributed by atoms with Gasteiger partial charge in [-0.1, -0.05) is 52.3 Å². The SMILES string of the molecule is Cc1cc(N[C@H]2c3ccccc3C(=O)N2c2ccccc2C)ccc1Br. The fourth-order valence-corrected chi connectivity index (χ4v) is 3.68. The summed E-state index contributed by atoms with van der Waals surface area (Å²) in [5.41, 5.74) is 5.89. The minimum absolute atomic E-state index is 0.0289. The van der Waals surface area contributed by atoms with E-state index in [1.165, 1.54) is 0 Å². The first-order chi connectivity index (χ1) is 12.6. The molecular formula is C22H19BrN2O. The standard InChI is InChI=1S/C22H19BrN2O/c1-14-7-3-6-10-20(14)25-21(17-8-4-5-9-18(17)22(25)26)24-16-11-12-19(23)15(2)13-16/h3-13,21,24H,1-2H3/t21-/m1/s1. The van der Waals surface area contributed by atoms with Crippen LogP contribution in [0.2, 0.25) is 0 Å². The zero-order valence-corrected chi connectivity index (χ0v) is 16.2. The topological polar surface area (TPSA) is 32.3 Å². The molecule has 4 rings (SSSR count). The van der Waals surface area contributed by atoms with Gasteiger partial charge in [-0.3, -0.25) is 9.69 Å². The number of anilines is 2. The Balaban J connectivity index is 1.81. The van der Waals surface area contributed by atoms with Crippen LogP contribution in [-0.2, 0) is 0 Å². The number of carbonyl (C=O) groups excluding carboxylic acids is 1. The monoisotopic (exact) mass is 406 g/mol. The molecule has 3 aromatic rings. The number of carbonyl (C=O) groups is 1. The van der Waals surface area contributed by atoms with Gasteiger partial charge >= 0.3 is 0 Å². The molecule has 0 saturated carbocycles. The van der Waals surface area contributed by atoms with Crippen molar-refractivity contribution in [2.24, 2.45) is 0 Å². The molecular weight excluding hydrogens is 388 g/mol. The molecule has 1 aliphatic heterocycles. The molecule has 1 N–H and O–H groups in total. The summed E-state index contributed by atoms with van der Waals surface area (Å²) in [5, 5.41) is 3.56. The number of benzene rings is 3. The van der Waals surface area contributed by atoms with Crippen LogP contribution in [0.4, 0.5) is 11.4 Å². The van der Waals surface area contributed by atoms with E-state index in [1.54, 1.807) is 0 Å². The molecule has 0 saturated heterocycles. The lowest BCUT2D eigenvalue weighted by atomic mass is 10.1. The molecule has 1 amide bonds. The van der Waals surface area contributed by atoms with Gasteiger partial charge in [0.1, 0.15) is 6.17 Å². The second-order valence-corrected chi connectivity index (χ2v) is 7.41. The number of amides is 1. The number of nitrogens with one attached hydrogen (secondary N) is 1. The third-order valence-electron chi connectivity index (χ3n) is 4.80. The van der Waals surface area contributed by atoms with Gasteiger partial charge < -0.3 is 5.32 Å². The molecule has 0 spiro atoms. The highest BCUT2D eigenvalue weighted by atomic mass is 79.9. The van der Waals surface area contributed by atoms with Crippen molar-refractivity contribution in [2.45, 2.75) is 20.0 Å². The van der Waals surface area contributed by atoms with Crippen molar-refractivity contribution < 1.29 is 4.79 Å². The Bertz CT molecular complexity index is 999. The minimum Gasteiger partial charge on any atom is -0.361 e. The number of fused-ring (bicyclic) bond motifs is 1. The maximum atomic E-state index is 13.1. The predicted molar refractivity (Wildman–Crippen MR) is 110 cm³/mol. The highest BCUT2D eigenvalue weighted by molar-refractivity contribution is 9.10. The van der Waals surface area contributed by atoms with E-state index >= 15 is 0 Å². The van der Waals surface area contributed by atoms with E-state index in [4.69, 9.17) is 0 Å². The van der Waals surface area contributed by atoms with E-state index in [9.17, 15) is 4.79 Å². The van der Waals surface area contributed by atoms with E-state index in [0.717, 1.165) is 38.1 Å². The molecule has 1 heterocycles. The Morgan fingerprint density at radius 3 is 2.42 bits per heavy atom. The summed E-state index contributed by atoms with van der Waals surface area (Å²) in [6.45, 7) is 4.09. The molecule has 1 aliphatic rings. The molecule has 0 bridgehead atoms. The maximum absolute atomic E-state index is 13.1. The van der Waals surface area contributed by atoms with Crippen LogP contribution in [0, 0.1) is 13.8 Å². The Labute approximate surface area is 161 Å². The third kappa shape index (κ3) is 2.80. The second kappa shape index (κ2) is 6.61. The van der Waals surface area contributed by atoms with Gasteiger partial charge in [0, 0.05) is 27.0 Å². The smallest absolute Gasteiger partial charge is 0.260 e. The molecule has 0 aliphatic carbocycles. The van der Waals surface area contributed by atoms with E-state index in [1.807, 2.05) is 72.5 Å². The summed E-state index contributed by atoms with van der Waals surface area (Å²) < 4.78 is 1.07. The third-order valence-corrected chi connectivity index (χ3v) is 5.69. The van der Waals surface area contributed by atoms with Crippen molar-refractivity contribution in [1.82, 2.24) is 0 Å². The fourth-order valence-electron chi connectivity index (χ4n) is 3.43. The zero-order chi connectivity index (χ0) is 18.3. The molecule has 4 heteroatoms. The Morgan fingerprint density at radius 1 is 0.923 bits per heavy atom. The average Bonchev–Trinajstić information content (AvgIpc) is 2.91. The van der Waals surface area contributed by atoms with Crippen molar-refractivity contribution in [1.29, 1.82) is 0 Å². The first-order valence-electron chi connectivity index (χ1n) is 8.57. The van der Waals surface area contributed by atoms with Gasteiger partial charge in [-0.15, -0.1) is 0 Å². The summed E-state index contributed by atoms with van der Waals surface area (Å²) in [4.78, 5) is 15.0. The second-order valence-electron chi connectivity index (χ2n) is 6.56. The highest BCUT2D eigenvalue weighted by Crippen LogP contribution is 2.39. The Morgan fingerprint density at radius 2 is 1.65 bits per heavy atom. The quantitative estimate of drug-likeness (QED) is 0.592. The van der Waals surface area contributed by atoms with Crippen LogP contribution in [-0.4, -0.2) is 5.91 Å². The van der Waals surface area contributed by atoms with E-state index < -0.39 is 0 Å². The summed E-state index contributed by atoms with van der Waals surface area (Å²) in [5.74, 6) is 0.0289. The highest BCUT2D eigenvalue weighted by Gasteiger charge is 2.38. The van der Waals surface area contributed by atoms with Crippen molar-refractivity contribution in [2.75, 3.05) is 10.2 Å². The van der Waals surface area contributed by atoms with Crippen LogP contribution in [0.25, 0.3) is 0 Å². The molecule has 130 valence electrons. The van der Waals surface area contributed by atoms with Crippen LogP contribution in [0.1, 0.15) is 33.2 Å². The van der Waals surface area contributed by atoms with Crippen molar-refractivity contribution in [3.05, 3.63) is 93.5 Å². The van der Waals surface area contributed by atoms with Crippen LogP contribution >= 0.6 is 15.9 Å². The van der Waals surface area contributed by atoms with Crippen LogP contribution in [0.5, 0.6) is 0 Å². The number of aryl methyl sites for hydroxylation is 2. The normalized spacial score (nSPS) is 15.9. The summed E-state index contributed by atoms with van der Waals surface area (Å²) >= 11 is 3.54. The van der Waals surface area contributed by atoms with Gasteiger partial charge in [0.15, 0.2) is 0 Å². The van der Waals surface area contributed by atoms with E-state index in [2.05, 4.69) is 34.2 Å². The van der Waals surface area contributed by atoms with Gasteiger partial charge in [-0.05, 0) is 55.3 Å². The minimum atomic E-state index is -0.236. The van der Waals surface area contributed by atoms with Crippen molar-refractivity contribution in [3.8, 4) is 0 Å². The first-order valence-corrected chi connectivity index (χ1v) is 9.36. The lowest BCUT2D eigenvalue weighted by Gasteiger charge is -2.28. The number of rotatable bonds is 3. The summed E-state index contributed by atoms with van der Waals surface area (Å²) in [6, 6.07) is 22.0. The maximum Gasteiger partial charge on any atom is 0.260 e. The number of nitrogens with zero attached hydrogens (tertiary/aromatic N) is 1. The van der Waals surface area contributed by atoms with Gasteiger partial charge in [-0.25, -0.2) is 0 Å². The molecule has 3 aromatic carbocycles. The van der Waals surface area contributed by atoms with E-state index in [-0.39, 0.29) is 12.1 Å². The molecule has 0 fully saturated rings. The van der Waals surface area contributed by atoms with Crippen LogP contribution in [0.3, 0.4) is 0 Å². The van der Waals surface area contributed by atoms with Gasteiger partial charge in [-0.2, -0.15) is 0 Å². The first kappa shape index (κ1) is 16.9. The van der Waals surface area contributed by atoms with Crippen molar-refractivity contribution in [3.63, 3.8) is 0 Å². The summed E-state index contributed by atoms with van der Waals surface area (Å²) in [6.07, 6.45) is -0.236. The van der Waals surface area contributed by atoms with Crippen LogP contribution < -0.4 is 10.2 Å². The molecule has 0 aromatic heterocycles. The number of hydrogen-bond acceptors (Lipinski definition) is 2. The lowest BCUT2D eigenvalue weighted by molar-refractivity contribution is 0.0993. The van der Waals surface area contributed by atoms with E-state index in [0.29, 0.717) is 0 Å². The lowest BCUT2D eigenvalue weighted by Crippen LogP contribution is -2.32. The molecule has 0 unspecified atom stereocenters. The molecule has 0 radical (unpaired) electrons. The zero-order valence-electron chi connectivity index (χ0n) is 14.7. The number of para-hydroxylation sites is 1. The fraction of sp³-hybridized carbons (Fsp3) is 0.136. The van der Waals surface area contributed by atoms with Gasteiger partial charge in [0.25, 0.3) is 5.91 Å².